The Morgan fingerprint density at radius 1 is 1.37 bits per heavy atom. The van der Waals surface area contributed by atoms with E-state index in [0.29, 0.717) is 6.42 Å². The fourth-order valence-electron chi connectivity index (χ4n) is 3.27. The van der Waals surface area contributed by atoms with Crippen molar-refractivity contribution in [3.8, 4) is 0 Å². The van der Waals surface area contributed by atoms with Gasteiger partial charge in [0.1, 0.15) is 0 Å². The molecule has 0 unspecified atom stereocenters. The zero-order valence-electron chi connectivity index (χ0n) is 16.6. The Labute approximate surface area is 166 Å². The predicted octanol–water partition coefficient (Wildman–Crippen LogP) is 1.49. The molecule has 1 N–H and O–H groups in total. The molecule has 10 heteroatoms. The highest BCUT2D eigenvalue weighted by Crippen LogP contribution is 2.25. The van der Waals surface area contributed by atoms with Crippen LogP contribution in [0.1, 0.15) is 51.4 Å². The van der Waals surface area contributed by atoms with Gasteiger partial charge in [0.05, 0.1) is 23.3 Å². The first kappa shape index (κ1) is 22.2. The van der Waals surface area contributed by atoms with E-state index in [0.717, 1.165) is 36.8 Å². The van der Waals surface area contributed by atoms with Crippen LogP contribution in [-0.2, 0) is 21.2 Å². The van der Waals surface area contributed by atoms with Crippen molar-refractivity contribution in [2.75, 3.05) is 31.4 Å². The van der Waals surface area contributed by atoms with E-state index in [4.69, 9.17) is 0 Å². The molecule has 1 aromatic rings. The first-order chi connectivity index (χ1) is 12.8. The largest absolute Gasteiger partial charge is 0.352 e. The minimum atomic E-state index is -3.00. The van der Waals surface area contributed by atoms with Crippen molar-refractivity contribution in [2.45, 2.75) is 63.3 Å². The molecule has 2 heterocycles. The molecule has 1 amide bonds. The number of amides is 1. The Bertz CT molecular complexity index is 733. The van der Waals surface area contributed by atoms with Crippen molar-refractivity contribution >= 4 is 27.5 Å². The van der Waals surface area contributed by atoms with Gasteiger partial charge in [0.2, 0.25) is 5.91 Å². The summed E-state index contributed by atoms with van der Waals surface area (Å²) in [6, 6.07) is -0.0870. The van der Waals surface area contributed by atoms with Crippen molar-refractivity contribution in [1.29, 1.82) is 0 Å². The van der Waals surface area contributed by atoms with Crippen molar-refractivity contribution in [3.05, 3.63) is 5.82 Å². The lowest BCUT2D eigenvalue weighted by Crippen LogP contribution is -2.36. The molecule has 154 valence electrons. The van der Waals surface area contributed by atoms with Crippen molar-refractivity contribution in [3.63, 3.8) is 0 Å². The highest BCUT2D eigenvalue weighted by Gasteiger charge is 2.29. The number of hydrogen-bond acceptors (Lipinski definition) is 7. The third-order valence-electron chi connectivity index (χ3n) is 4.72. The van der Waals surface area contributed by atoms with Crippen LogP contribution < -0.4 is 5.32 Å². The molecule has 1 fully saturated rings. The van der Waals surface area contributed by atoms with Gasteiger partial charge in [-0.1, -0.05) is 32.0 Å². The highest BCUT2D eigenvalue weighted by atomic mass is 32.2. The maximum atomic E-state index is 12.2. The van der Waals surface area contributed by atoms with Gasteiger partial charge in [0.15, 0.2) is 20.8 Å². The second kappa shape index (κ2) is 9.88. The Kier molecular flexibility index (Phi) is 8.11. The van der Waals surface area contributed by atoms with Gasteiger partial charge in [0, 0.05) is 12.6 Å². The zero-order chi connectivity index (χ0) is 20.0. The summed E-state index contributed by atoms with van der Waals surface area (Å²) < 4.78 is 25.2. The maximum Gasteiger partial charge on any atom is 0.230 e. The van der Waals surface area contributed by atoms with Crippen LogP contribution in [-0.4, -0.2) is 71.4 Å². The van der Waals surface area contributed by atoms with E-state index in [1.54, 1.807) is 0 Å². The lowest BCUT2D eigenvalue weighted by atomic mass is 10.2. The van der Waals surface area contributed by atoms with E-state index in [1.807, 2.05) is 14.1 Å². The fraction of sp³-hybridized carbons (Fsp3) is 0.824. The van der Waals surface area contributed by atoms with Crippen LogP contribution in [0.4, 0.5) is 0 Å². The SMILES string of the molecule is CCCCn1c(SCC(=O)N[C@H]2CCS(=O)(=O)C2)nnc1[C@H](CC)N(C)C. The third-order valence-corrected chi connectivity index (χ3v) is 7.45. The molecule has 0 spiro atoms. The van der Waals surface area contributed by atoms with Crippen LogP contribution in [0.25, 0.3) is 0 Å². The molecule has 0 radical (unpaired) electrons. The van der Waals surface area contributed by atoms with Gasteiger partial charge in [-0.05, 0) is 33.4 Å². The molecule has 0 aromatic carbocycles. The maximum absolute atomic E-state index is 12.2. The molecule has 1 aliphatic rings. The molecular formula is C17H31N5O3S2. The van der Waals surface area contributed by atoms with E-state index >= 15 is 0 Å². The van der Waals surface area contributed by atoms with Gasteiger partial charge < -0.3 is 9.88 Å². The molecule has 8 nitrogen and oxygen atoms in total. The molecule has 27 heavy (non-hydrogen) atoms. The number of nitrogens with one attached hydrogen (secondary N) is 1. The molecule has 2 atom stereocenters. The van der Waals surface area contributed by atoms with Gasteiger partial charge in [-0.25, -0.2) is 8.42 Å². The molecule has 1 aliphatic heterocycles. The number of unbranched alkanes of at least 4 members (excludes halogenated alkanes) is 1. The Hall–Kier alpha value is -1.13. The monoisotopic (exact) mass is 417 g/mol. The topological polar surface area (TPSA) is 97.2 Å². The van der Waals surface area contributed by atoms with E-state index in [1.165, 1.54) is 11.8 Å². The Morgan fingerprint density at radius 2 is 2.11 bits per heavy atom. The normalized spacial score (nSPS) is 20.1. The second-order valence-corrected chi connectivity index (χ2v) is 10.4. The molecule has 0 saturated carbocycles. The first-order valence-corrected chi connectivity index (χ1v) is 12.3. The summed E-state index contributed by atoms with van der Waals surface area (Å²) in [7, 11) is 1.07. The summed E-state index contributed by atoms with van der Waals surface area (Å²) in [5.74, 6) is 1.18. The van der Waals surface area contributed by atoms with Crippen LogP contribution in [0, 0.1) is 0 Å². The minimum absolute atomic E-state index is 0.0429. The van der Waals surface area contributed by atoms with Crippen molar-refractivity contribution < 1.29 is 13.2 Å². The number of thioether (sulfide) groups is 1. The Balaban J connectivity index is 2.02. The number of aromatic nitrogens is 3. The predicted molar refractivity (Wildman–Crippen MR) is 108 cm³/mol. The second-order valence-electron chi connectivity index (χ2n) is 7.19. The standard InChI is InChI=1S/C17H31N5O3S2/c1-5-7-9-22-16(14(6-2)21(3)4)19-20-17(22)26-11-15(23)18-13-8-10-27(24,25)12-13/h13-14H,5-12H2,1-4H3,(H,18,23)/t13-,14-/m0/s1. The summed E-state index contributed by atoms with van der Waals surface area (Å²) in [4.78, 5) is 14.4. The smallest absolute Gasteiger partial charge is 0.230 e. The number of rotatable bonds is 10. The van der Waals surface area contributed by atoms with Crippen molar-refractivity contribution in [2.24, 2.45) is 0 Å². The zero-order valence-corrected chi connectivity index (χ0v) is 18.3. The van der Waals surface area contributed by atoms with Gasteiger partial charge in [-0.15, -0.1) is 10.2 Å². The summed E-state index contributed by atoms with van der Waals surface area (Å²) in [6.07, 6.45) is 3.51. The van der Waals surface area contributed by atoms with Crippen LogP contribution >= 0.6 is 11.8 Å². The lowest BCUT2D eigenvalue weighted by Gasteiger charge is -2.23. The first-order valence-electron chi connectivity index (χ1n) is 9.49. The highest BCUT2D eigenvalue weighted by molar-refractivity contribution is 7.99. The van der Waals surface area contributed by atoms with E-state index in [9.17, 15) is 13.2 Å². The van der Waals surface area contributed by atoms with Gasteiger partial charge in [0.25, 0.3) is 0 Å². The lowest BCUT2D eigenvalue weighted by molar-refractivity contribution is -0.119. The van der Waals surface area contributed by atoms with Crippen LogP contribution in [0.5, 0.6) is 0 Å². The summed E-state index contributed by atoms with van der Waals surface area (Å²) in [5.41, 5.74) is 0. The number of nitrogens with zero attached hydrogens (tertiary/aromatic N) is 4. The van der Waals surface area contributed by atoms with Crippen LogP contribution in [0.2, 0.25) is 0 Å². The van der Waals surface area contributed by atoms with Gasteiger partial charge in [-0.3, -0.25) is 9.69 Å². The minimum Gasteiger partial charge on any atom is -0.352 e. The average molecular weight is 418 g/mol. The molecule has 0 aliphatic carbocycles. The number of carbonyl (C=O) groups excluding carboxylic acids is 1. The molecular weight excluding hydrogens is 386 g/mol. The van der Waals surface area contributed by atoms with Crippen LogP contribution in [0.15, 0.2) is 5.16 Å². The number of sulfone groups is 1. The number of hydrogen-bond donors (Lipinski definition) is 1. The quantitative estimate of drug-likeness (QED) is 0.576. The van der Waals surface area contributed by atoms with E-state index < -0.39 is 9.84 Å². The van der Waals surface area contributed by atoms with E-state index in [-0.39, 0.29) is 35.2 Å². The number of carbonyl (C=O) groups is 1. The molecule has 1 aromatic heterocycles. The summed E-state index contributed by atoms with van der Waals surface area (Å²) >= 11 is 1.36. The summed E-state index contributed by atoms with van der Waals surface area (Å²) in [6.45, 7) is 5.09. The van der Waals surface area contributed by atoms with Crippen molar-refractivity contribution in [1.82, 2.24) is 25.0 Å². The Morgan fingerprint density at radius 3 is 2.67 bits per heavy atom. The average Bonchev–Trinajstić information content (AvgIpc) is 3.14. The molecule has 2 rings (SSSR count). The fourth-order valence-corrected chi connectivity index (χ4v) is 5.72. The van der Waals surface area contributed by atoms with Crippen LogP contribution in [0.3, 0.4) is 0 Å². The third kappa shape index (κ3) is 6.18. The van der Waals surface area contributed by atoms with Gasteiger partial charge in [-0.2, -0.15) is 0 Å². The molecule has 0 bridgehead atoms. The van der Waals surface area contributed by atoms with E-state index in [2.05, 4.69) is 38.8 Å². The van der Waals surface area contributed by atoms with Gasteiger partial charge >= 0.3 is 0 Å². The molecule has 1 saturated heterocycles. The summed E-state index contributed by atoms with van der Waals surface area (Å²) in [5, 5.41) is 12.3.